The third-order valence-electron chi connectivity index (χ3n) is 2.13. The molecule has 0 aliphatic carbocycles. The van der Waals surface area contributed by atoms with Crippen molar-refractivity contribution >= 4 is 5.97 Å². The van der Waals surface area contributed by atoms with Crippen LogP contribution in [-0.2, 0) is 9.53 Å². The van der Waals surface area contributed by atoms with Gasteiger partial charge in [-0.3, -0.25) is 4.79 Å². The molecule has 15 heavy (non-hydrogen) atoms. The first-order valence-corrected chi connectivity index (χ1v) is 5.86. The fourth-order valence-corrected chi connectivity index (χ4v) is 1.28. The predicted molar refractivity (Wildman–Crippen MR) is 63.6 cm³/mol. The molecular formula is C13H24O2. The average Bonchev–Trinajstić information content (AvgIpc) is 2.12. The standard InChI is InChI=1S/C13H24O2/c1-5-15-13(14)10-12(4)9-7-6-8-11(2)3/h6-7,11-12H,5,8-10H2,1-4H3/b7-6+/t12-/m1/s1. The highest BCUT2D eigenvalue weighted by Gasteiger charge is 2.07. The van der Waals surface area contributed by atoms with E-state index in [1.807, 2.05) is 6.92 Å². The lowest BCUT2D eigenvalue weighted by atomic mass is 10.0. The Morgan fingerprint density at radius 1 is 1.20 bits per heavy atom. The minimum atomic E-state index is -0.0812. The molecule has 0 unspecified atom stereocenters. The fourth-order valence-electron chi connectivity index (χ4n) is 1.28. The summed E-state index contributed by atoms with van der Waals surface area (Å²) in [6.07, 6.45) is 6.98. The molecule has 0 heterocycles. The van der Waals surface area contributed by atoms with E-state index in [1.54, 1.807) is 0 Å². The minimum Gasteiger partial charge on any atom is -0.466 e. The number of rotatable bonds is 7. The maximum absolute atomic E-state index is 11.1. The van der Waals surface area contributed by atoms with Gasteiger partial charge in [-0.2, -0.15) is 0 Å². The average molecular weight is 212 g/mol. The van der Waals surface area contributed by atoms with Crippen LogP contribution in [0.3, 0.4) is 0 Å². The molecule has 0 aromatic heterocycles. The van der Waals surface area contributed by atoms with Crippen LogP contribution in [0, 0.1) is 11.8 Å². The van der Waals surface area contributed by atoms with Crippen molar-refractivity contribution in [1.82, 2.24) is 0 Å². The van der Waals surface area contributed by atoms with Crippen LogP contribution in [0.15, 0.2) is 12.2 Å². The Kier molecular flexibility index (Phi) is 8.06. The molecule has 0 spiro atoms. The third-order valence-corrected chi connectivity index (χ3v) is 2.13. The number of esters is 1. The smallest absolute Gasteiger partial charge is 0.306 e. The normalized spacial score (nSPS) is 13.4. The van der Waals surface area contributed by atoms with Gasteiger partial charge in [0.2, 0.25) is 0 Å². The zero-order chi connectivity index (χ0) is 11.7. The van der Waals surface area contributed by atoms with Gasteiger partial charge in [0, 0.05) is 6.42 Å². The molecule has 0 saturated carbocycles. The number of allylic oxidation sites excluding steroid dienone is 2. The zero-order valence-electron chi connectivity index (χ0n) is 10.5. The van der Waals surface area contributed by atoms with Gasteiger partial charge in [0.25, 0.3) is 0 Å². The summed E-state index contributed by atoms with van der Waals surface area (Å²) in [6, 6.07) is 0. The van der Waals surface area contributed by atoms with Crippen molar-refractivity contribution in [3.63, 3.8) is 0 Å². The number of carbonyl (C=O) groups excluding carboxylic acids is 1. The summed E-state index contributed by atoms with van der Waals surface area (Å²) in [5.74, 6) is 1.01. The van der Waals surface area contributed by atoms with E-state index in [0.29, 0.717) is 24.9 Å². The van der Waals surface area contributed by atoms with Gasteiger partial charge in [0.1, 0.15) is 0 Å². The molecule has 0 fully saturated rings. The van der Waals surface area contributed by atoms with Crippen LogP contribution in [0.25, 0.3) is 0 Å². The molecule has 0 aliphatic heterocycles. The molecule has 0 N–H and O–H groups in total. The zero-order valence-corrected chi connectivity index (χ0v) is 10.5. The van der Waals surface area contributed by atoms with Gasteiger partial charge in [0.05, 0.1) is 6.61 Å². The Morgan fingerprint density at radius 3 is 2.33 bits per heavy atom. The van der Waals surface area contributed by atoms with E-state index in [-0.39, 0.29) is 5.97 Å². The first-order valence-electron chi connectivity index (χ1n) is 5.86. The molecule has 0 radical (unpaired) electrons. The number of carbonyl (C=O) groups is 1. The van der Waals surface area contributed by atoms with Crippen LogP contribution < -0.4 is 0 Å². The van der Waals surface area contributed by atoms with E-state index < -0.39 is 0 Å². The van der Waals surface area contributed by atoms with Crippen molar-refractivity contribution in [2.24, 2.45) is 11.8 Å². The highest BCUT2D eigenvalue weighted by atomic mass is 16.5. The highest BCUT2D eigenvalue weighted by Crippen LogP contribution is 2.10. The lowest BCUT2D eigenvalue weighted by Crippen LogP contribution is -2.08. The van der Waals surface area contributed by atoms with Crippen molar-refractivity contribution in [1.29, 1.82) is 0 Å². The van der Waals surface area contributed by atoms with Gasteiger partial charge >= 0.3 is 5.97 Å². The second kappa shape index (κ2) is 8.51. The van der Waals surface area contributed by atoms with Gasteiger partial charge < -0.3 is 4.74 Å². The van der Waals surface area contributed by atoms with Gasteiger partial charge in [-0.05, 0) is 31.6 Å². The molecule has 0 amide bonds. The summed E-state index contributed by atoms with van der Waals surface area (Å²) >= 11 is 0. The largest absolute Gasteiger partial charge is 0.466 e. The van der Waals surface area contributed by atoms with E-state index in [0.717, 1.165) is 12.8 Å². The molecule has 2 heteroatoms. The molecule has 2 nitrogen and oxygen atoms in total. The Bertz CT molecular complexity index is 195. The second-order valence-corrected chi connectivity index (χ2v) is 4.45. The second-order valence-electron chi connectivity index (χ2n) is 4.45. The van der Waals surface area contributed by atoms with Gasteiger partial charge in [-0.25, -0.2) is 0 Å². The molecule has 0 rings (SSSR count). The first-order chi connectivity index (χ1) is 7.06. The topological polar surface area (TPSA) is 26.3 Å². The van der Waals surface area contributed by atoms with Crippen molar-refractivity contribution in [3.8, 4) is 0 Å². The molecule has 0 aliphatic rings. The number of hydrogen-bond acceptors (Lipinski definition) is 2. The van der Waals surface area contributed by atoms with Crippen LogP contribution in [-0.4, -0.2) is 12.6 Å². The molecule has 0 aromatic carbocycles. The maximum atomic E-state index is 11.1. The van der Waals surface area contributed by atoms with E-state index in [9.17, 15) is 4.79 Å². The van der Waals surface area contributed by atoms with Crippen molar-refractivity contribution < 1.29 is 9.53 Å². The molecule has 0 saturated heterocycles. The summed E-state index contributed by atoms with van der Waals surface area (Å²) < 4.78 is 4.89. The highest BCUT2D eigenvalue weighted by molar-refractivity contribution is 5.69. The Morgan fingerprint density at radius 2 is 1.80 bits per heavy atom. The summed E-state index contributed by atoms with van der Waals surface area (Å²) in [7, 11) is 0. The monoisotopic (exact) mass is 212 g/mol. The summed E-state index contributed by atoms with van der Waals surface area (Å²) in [5.41, 5.74) is 0. The van der Waals surface area contributed by atoms with E-state index in [4.69, 9.17) is 4.74 Å². The van der Waals surface area contributed by atoms with Crippen LogP contribution in [0.1, 0.15) is 47.0 Å². The third kappa shape index (κ3) is 9.51. The fraction of sp³-hybridized carbons (Fsp3) is 0.769. The summed E-state index contributed by atoms with van der Waals surface area (Å²) in [5, 5.41) is 0. The summed E-state index contributed by atoms with van der Waals surface area (Å²) in [6.45, 7) is 8.80. The van der Waals surface area contributed by atoms with E-state index in [1.165, 1.54) is 0 Å². The quantitative estimate of drug-likeness (QED) is 0.476. The van der Waals surface area contributed by atoms with Crippen molar-refractivity contribution in [2.75, 3.05) is 6.61 Å². The Labute approximate surface area is 93.7 Å². The van der Waals surface area contributed by atoms with E-state index in [2.05, 4.69) is 32.9 Å². The van der Waals surface area contributed by atoms with Gasteiger partial charge in [-0.15, -0.1) is 0 Å². The Balaban J connectivity index is 3.60. The SMILES string of the molecule is CCOC(=O)C[C@H](C)C/C=C/CC(C)C. The Hall–Kier alpha value is -0.790. The maximum Gasteiger partial charge on any atom is 0.306 e. The molecule has 1 atom stereocenters. The van der Waals surface area contributed by atoms with E-state index >= 15 is 0 Å². The molecular weight excluding hydrogens is 188 g/mol. The van der Waals surface area contributed by atoms with Crippen LogP contribution in [0.2, 0.25) is 0 Å². The molecule has 88 valence electrons. The number of hydrogen-bond donors (Lipinski definition) is 0. The van der Waals surface area contributed by atoms with Crippen molar-refractivity contribution in [2.45, 2.75) is 47.0 Å². The van der Waals surface area contributed by atoms with Crippen LogP contribution >= 0.6 is 0 Å². The van der Waals surface area contributed by atoms with Gasteiger partial charge in [-0.1, -0.05) is 32.9 Å². The molecule has 0 bridgehead atoms. The van der Waals surface area contributed by atoms with Crippen LogP contribution in [0.5, 0.6) is 0 Å². The summed E-state index contributed by atoms with van der Waals surface area (Å²) in [4.78, 5) is 11.1. The lowest BCUT2D eigenvalue weighted by Gasteiger charge is -2.07. The van der Waals surface area contributed by atoms with Crippen LogP contribution in [0.4, 0.5) is 0 Å². The number of ether oxygens (including phenoxy) is 1. The van der Waals surface area contributed by atoms with Gasteiger partial charge in [0.15, 0.2) is 0 Å². The lowest BCUT2D eigenvalue weighted by molar-refractivity contribution is -0.144. The molecule has 0 aromatic rings. The first kappa shape index (κ1) is 14.2. The predicted octanol–water partition coefficient (Wildman–Crippen LogP) is 3.57. The van der Waals surface area contributed by atoms with Crippen molar-refractivity contribution in [3.05, 3.63) is 12.2 Å². The minimum absolute atomic E-state index is 0.0812.